The van der Waals surface area contributed by atoms with Gasteiger partial charge >= 0.3 is 0 Å². The minimum absolute atomic E-state index is 0.312. The van der Waals surface area contributed by atoms with E-state index in [0.29, 0.717) is 5.69 Å². The molecule has 0 fully saturated rings. The highest BCUT2D eigenvalue weighted by molar-refractivity contribution is 6.09. The first-order valence-electron chi connectivity index (χ1n) is 8.07. The van der Waals surface area contributed by atoms with Crippen molar-refractivity contribution in [1.29, 1.82) is 0 Å². The Hall–Kier alpha value is -3.80. The van der Waals surface area contributed by atoms with Crippen LogP contribution in [0.15, 0.2) is 78.4 Å². The van der Waals surface area contributed by atoms with E-state index in [-0.39, 0.29) is 5.91 Å². The van der Waals surface area contributed by atoms with Crippen molar-refractivity contribution in [2.75, 3.05) is 0 Å². The van der Waals surface area contributed by atoms with Crippen LogP contribution in [0.5, 0.6) is 0 Å². The first-order chi connectivity index (χ1) is 12.8. The topological polar surface area (TPSA) is 83.0 Å². The van der Waals surface area contributed by atoms with Crippen LogP contribution < -0.4 is 5.43 Å². The number of pyridine rings is 2. The molecular weight excluding hydrogens is 326 g/mol. The van der Waals surface area contributed by atoms with Gasteiger partial charge in [-0.3, -0.25) is 14.8 Å². The molecule has 0 aliphatic rings. The van der Waals surface area contributed by atoms with Crippen LogP contribution in [0, 0.1) is 0 Å². The molecule has 26 heavy (non-hydrogen) atoms. The third-order valence-electron chi connectivity index (χ3n) is 3.97. The second kappa shape index (κ2) is 6.98. The number of carbonyl (C=O) groups excluding carboxylic acids is 1. The van der Waals surface area contributed by atoms with Crippen molar-refractivity contribution in [2.24, 2.45) is 5.10 Å². The quantitative estimate of drug-likeness (QED) is 0.441. The number of aromatic amines is 1. The van der Waals surface area contributed by atoms with E-state index in [1.807, 2.05) is 48.5 Å². The SMILES string of the molecule is O=C(NN=Cc1cccnc1)c1[nH]c2ccccc2c1-c1ccncc1. The van der Waals surface area contributed by atoms with Gasteiger partial charge in [-0.25, -0.2) is 5.43 Å². The molecule has 4 rings (SSSR count). The number of H-pyrrole nitrogens is 1. The summed E-state index contributed by atoms with van der Waals surface area (Å²) in [6.07, 6.45) is 8.32. The fourth-order valence-electron chi connectivity index (χ4n) is 2.80. The number of amides is 1. The molecule has 2 N–H and O–H groups in total. The highest BCUT2D eigenvalue weighted by Gasteiger charge is 2.18. The molecule has 0 aliphatic heterocycles. The highest BCUT2D eigenvalue weighted by Crippen LogP contribution is 2.32. The summed E-state index contributed by atoms with van der Waals surface area (Å²) in [4.78, 5) is 24.0. The first kappa shape index (κ1) is 15.7. The first-order valence-corrected chi connectivity index (χ1v) is 8.07. The summed E-state index contributed by atoms with van der Waals surface area (Å²) in [5.74, 6) is -0.312. The van der Waals surface area contributed by atoms with Gasteiger partial charge in [0.1, 0.15) is 5.69 Å². The molecule has 3 aromatic heterocycles. The van der Waals surface area contributed by atoms with Crippen molar-refractivity contribution in [3.63, 3.8) is 0 Å². The van der Waals surface area contributed by atoms with Gasteiger partial charge in [0.2, 0.25) is 0 Å². The van der Waals surface area contributed by atoms with Crippen LogP contribution >= 0.6 is 0 Å². The summed E-state index contributed by atoms with van der Waals surface area (Å²) in [5, 5.41) is 5.00. The summed E-state index contributed by atoms with van der Waals surface area (Å²) in [5.41, 5.74) is 6.47. The molecule has 6 nitrogen and oxygen atoms in total. The number of para-hydroxylation sites is 1. The van der Waals surface area contributed by atoms with Crippen LogP contribution in [0.25, 0.3) is 22.0 Å². The number of aromatic nitrogens is 3. The van der Waals surface area contributed by atoms with E-state index in [4.69, 9.17) is 0 Å². The standard InChI is InChI=1S/C20H15N5O/c26-20(25-23-13-14-4-3-9-22-12-14)19-18(15-7-10-21-11-8-15)16-5-1-2-6-17(16)24-19/h1-13,24H,(H,25,26). The lowest BCUT2D eigenvalue weighted by atomic mass is 10.0. The number of benzene rings is 1. The normalized spacial score (nSPS) is 11.1. The van der Waals surface area contributed by atoms with Gasteiger partial charge in [0.05, 0.1) is 6.21 Å². The Morgan fingerprint density at radius 3 is 2.65 bits per heavy atom. The lowest BCUT2D eigenvalue weighted by Gasteiger charge is -2.04. The van der Waals surface area contributed by atoms with Gasteiger partial charge < -0.3 is 4.98 Å². The predicted molar refractivity (Wildman–Crippen MR) is 101 cm³/mol. The summed E-state index contributed by atoms with van der Waals surface area (Å²) in [6, 6.07) is 15.2. The van der Waals surface area contributed by atoms with E-state index < -0.39 is 0 Å². The van der Waals surface area contributed by atoms with Crippen molar-refractivity contribution >= 4 is 23.0 Å². The molecule has 0 unspecified atom stereocenters. The Labute approximate surface area is 149 Å². The maximum Gasteiger partial charge on any atom is 0.288 e. The van der Waals surface area contributed by atoms with E-state index in [2.05, 4.69) is 25.5 Å². The van der Waals surface area contributed by atoms with Gasteiger partial charge in [-0.2, -0.15) is 5.10 Å². The fraction of sp³-hybridized carbons (Fsp3) is 0. The summed E-state index contributed by atoms with van der Waals surface area (Å²) < 4.78 is 0. The molecular formula is C20H15N5O. The van der Waals surface area contributed by atoms with Crippen molar-refractivity contribution < 1.29 is 4.79 Å². The third-order valence-corrected chi connectivity index (χ3v) is 3.97. The van der Waals surface area contributed by atoms with Crippen LogP contribution in [0.1, 0.15) is 16.1 Å². The number of hydrazone groups is 1. The molecule has 0 radical (unpaired) electrons. The van der Waals surface area contributed by atoms with E-state index in [9.17, 15) is 4.79 Å². The highest BCUT2D eigenvalue weighted by atomic mass is 16.2. The van der Waals surface area contributed by atoms with Crippen molar-refractivity contribution in [1.82, 2.24) is 20.4 Å². The zero-order valence-electron chi connectivity index (χ0n) is 13.8. The van der Waals surface area contributed by atoms with E-state index in [1.165, 1.54) is 0 Å². The molecule has 0 aliphatic carbocycles. The van der Waals surface area contributed by atoms with Crippen LogP contribution in [0.4, 0.5) is 0 Å². The Morgan fingerprint density at radius 2 is 1.85 bits per heavy atom. The van der Waals surface area contributed by atoms with Crippen LogP contribution in [-0.4, -0.2) is 27.1 Å². The molecule has 0 bridgehead atoms. The number of carbonyl (C=O) groups is 1. The van der Waals surface area contributed by atoms with Gasteiger partial charge in [0.25, 0.3) is 5.91 Å². The van der Waals surface area contributed by atoms with Gasteiger partial charge in [-0.15, -0.1) is 0 Å². The van der Waals surface area contributed by atoms with Gasteiger partial charge in [-0.1, -0.05) is 24.3 Å². The summed E-state index contributed by atoms with van der Waals surface area (Å²) in [6.45, 7) is 0. The number of hydrogen-bond donors (Lipinski definition) is 2. The Balaban J connectivity index is 1.69. The van der Waals surface area contributed by atoms with Crippen molar-refractivity contribution in [2.45, 2.75) is 0 Å². The second-order valence-corrected chi connectivity index (χ2v) is 5.64. The molecule has 0 spiro atoms. The zero-order valence-corrected chi connectivity index (χ0v) is 13.8. The zero-order chi connectivity index (χ0) is 17.8. The summed E-state index contributed by atoms with van der Waals surface area (Å²) in [7, 11) is 0. The van der Waals surface area contributed by atoms with Crippen LogP contribution in [0.2, 0.25) is 0 Å². The minimum Gasteiger partial charge on any atom is -0.350 e. The van der Waals surface area contributed by atoms with Gasteiger partial charge in [0.15, 0.2) is 0 Å². The maximum atomic E-state index is 12.7. The van der Waals surface area contributed by atoms with Crippen molar-refractivity contribution in [3.8, 4) is 11.1 Å². The smallest absolute Gasteiger partial charge is 0.288 e. The number of nitrogens with one attached hydrogen (secondary N) is 2. The average Bonchev–Trinajstić information content (AvgIpc) is 3.09. The molecule has 126 valence electrons. The molecule has 1 amide bonds. The Kier molecular flexibility index (Phi) is 4.22. The van der Waals surface area contributed by atoms with E-state index in [0.717, 1.165) is 27.6 Å². The minimum atomic E-state index is -0.312. The number of fused-ring (bicyclic) bond motifs is 1. The molecule has 4 aromatic rings. The average molecular weight is 341 g/mol. The van der Waals surface area contributed by atoms with Crippen LogP contribution in [-0.2, 0) is 0 Å². The predicted octanol–water partition coefficient (Wildman–Crippen LogP) is 3.39. The number of hydrogen-bond acceptors (Lipinski definition) is 4. The monoisotopic (exact) mass is 341 g/mol. The molecule has 1 aromatic carbocycles. The number of nitrogens with zero attached hydrogens (tertiary/aromatic N) is 3. The molecule has 6 heteroatoms. The fourth-order valence-corrected chi connectivity index (χ4v) is 2.80. The van der Waals surface area contributed by atoms with Crippen LogP contribution in [0.3, 0.4) is 0 Å². The Morgan fingerprint density at radius 1 is 1.00 bits per heavy atom. The van der Waals surface area contributed by atoms with E-state index >= 15 is 0 Å². The number of rotatable bonds is 4. The van der Waals surface area contributed by atoms with Gasteiger partial charge in [-0.05, 0) is 29.8 Å². The Bertz CT molecular complexity index is 1070. The molecule has 3 heterocycles. The lowest BCUT2D eigenvalue weighted by Crippen LogP contribution is -2.18. The van der Waals surface area contributed by atoms with E-state index in [1.54, 1.807) is 31.0 Å². The lowest BCUT2D eigenvalue weighted by molar-refractivity contribution is 0.0951. The third kappa shape index (κ3) is 3.08. The summed E-state index contributed by atoms with van der Waals surface area (Å²) >= 11 is 0. The van der Waals surface area contributed by atoms with Gasteiger partial charge in [0, 0.05) is 46.8 Å². The van der Waals surface area contributed by atoms with Crippen molar-refractivity contribution in [3.05, 3.63) is 84.6 Å². The molecule has 0 saturated heterocycles. The maximum absolute atomic E-state index is 12.7. The molecule has 0 saturated carbocycles. The second-order valence-electron chi connectivity index (χ2n) is 5.64. The molecule has 0 atom stereocenters. The largest absolute Gasteiger partial charge is 0.350 e.